The van der Waals surface area contributed by atoms with Gasteiger partial charge in [0.05, 0.1) is 54.6 Å². The number of thiazole rings is 1. The van der Waals surface area contributed by atoms with Gasteiger partial charge in [0.15, 0.2) is 16.8 Å². The van der Waals surface area contributed by atoms with Crippen molar-refractivity contribution in [1.82, 2.24) is 34.6 Å². The van der Waals surface area contributed by atoms with Crippen LogP contribution in [-0.4, -0.2) is 113 Å². The molecule has 0 aromatic carbocycles. The summed E-state index contributed by atoms with van der Waals surface area (Å²) in [7, 11) is 3.44. The highest BCUT2D eigenvalue weighted by molar-refractivity contribution is 7.22. The van der Waals surface area contributed by atoms with Gasteiger partial charge in [0.25, 0.3) is 0 Å². The van der Waals surface area contributed by atoms with E-state index in [1.807, 2.05) is 29.9 Å². The van der Waals surface area contributed by atoms with Crippen LogP contribution in [0.15, 0.2) is 36.8 Å². The maximum Gasteiger partial charge on any atom is 0.186 e. The quantitative estimate of drug-likeness (QED) is 0.257. The molecule has 3 aliphatic rings. The average Bonchev–Trinajstić information content (AvgIpc) is 3.86. The third-order valence-corrected chi connectivity index (χ3v) is 10.1. The number of rotatable bonds is 8. The lowest BCUT2D eigenvalue weighted by Gasteiger charge is -2.33. The van der Waals surface area contributed by atoms with Gasteiger partial charge < -0.3 is 24.0 Å². The summed E-state index contributed by atoms with van der Waals surface area (Å²) < 4.78 is 19.7. The standard InChI is InChI=1S/C31H35N9O3S/c1-19-22-16-33-40(25(22)13-24(34-19)23-15-32-5-4-26(23)42-3)28-14-27-29(30(35-28)37-7-10-43-11-8-37)36-31(44-27)39-18-20-12-21(39)17-38(20)6-9-41-2/h4-5,13-16,20-21H,6-12,17-18H2,1-3H3/t20-,21-/m0/s1. The lowest BCUT2D eigenvalue weighted by molar-refractivity contribution is 0.122. The maximum absolute atomic E-state index is 5.69. The van der Waals surface area contributed by atoms with Gasteiger partial charge in [-0.1, -0.05) is 11.3 Å². The van der Waals surface area contributed by atoms with E-state index < -0.39 is 0 Å². The smallest absolute Gasteiger partial charge is 0.186 e. The van der Waals surface area contributed by atoms with Crippen LogP contribution >= 0.6 is 11.3 Å². The van der Waals surface area contributed by atoms with Crippen molar-refractivity contribution >= 4 is 43.4 Å². The van der Waals surface area contributed by atoms with Crippen LogP contribution in [0.2, 0.25) is 0 Å². The molecular formula is C31H35N9O3S. The molecule has 13 heteroatoms. The third-order valence-electron chi connectivity index (χ3n) is 9.08. The fourth-order valence-electron chi connectivity index (χ4n) is 6.83. The van der Waals surface area contributed by atoms with Crippen molar-refractivity contribution < 1.29 is 14.2 Å². The highest BCUT2D eigenvalue weighted by atomic mass is 32.1. The molecule has 3 aliphatic heterocycles. The van der Waals surface area contributed by atoms with E-state index in [1.165, 1.54) is 6.42 Å². The molecule has 8 rings (SSSR count). The molecule has 0 saturated carbocycles. The number of ether oxygens (including phenoxy) is 3. The minimum absolute atomic E-state index is 0.477. The normalized spacial score (nSPS) is 20.4. The van der Waals surface area contributed by atoms with E-state index in [2.05, 4.69) is 25.8 Å². The molecule has 3 fully saturated rings. The van der Waals surface area contributed by atoms with Crippen molar-refractivity contribution in [2.45, 2.75) is 25.4 Å². The highest BCUT2D eigenvalue weighted by Gasteiger charge is 2.44. The number of aromatic nitrogens is 6. The van der Waals surface area contributed by atoms with E-state index in [4.69, 9.17) is 34.3 Å². The minimum Gasteiger partial charge on any atom is -0.496 e. The van der Waals surface area contributed by atoms with Crippen LogP contribution in [0.4, 0.5) is 10.9 Å². The Labute approximate surface area is 259 Å². The first-order chi connectivity index (χ1) is 21.6. The Bertz CT molecular complexity index is 1840. The van der Waals surface area contributed by atoms with Crippen LogP contribution in [-0.2, 0) is 9.47 Å². The number of fused-ring (bicyclic) bond motifs is 4. The van der Waals surface area contributed by atoms with Gasteiger partial charge in [0.2, 0.25) is 0 Å². The first-order valence-corrected chi connectivity index (χ1v) is 15.9. The Balaban J connectivity index is 1.22. The van der Waals surface area contributed by atoms with Gasteiger partial charge in [-0.15, -0.1) is 0 Å². The van der Waals surface area contributed by atoms with Crippen LogP contribution in [0, 0.1) is 6.92 Å². The van der Waals surface area contributed by atoms with E-state index in [-0.39, 0.29) is 0 Å². The van der Waals surface area contributed by atoms with Crippen LogP contribution in [0.3, 0.4) is 0 Å². The molecule has 2 bridgehead atoms. The summed E-state index contributed by atoms with van der Waals surface area (Å²) in [6.07, 6.45) is 6.56. The van der Waals surface area contributed by atoms with Gasteiger partial charge in [0, 0.05) is 81.5 Å². The van der Waals surface area contributed by atoms with E-state index in [1.54, 1.807) is 38.0 Å². The largest absolute Gasteiger partial charge is 0.496 e. The van der Waals surface area contributed by atoms with Crippen LogP contribution < -0.4 is 14.5 Å². The van der Waals surface area contributed by atoms with Gasteiger partial charge in [-0.3, -0.25) is 14.9 Å². The molecule has 8 heterocycles. The Morgan fingerprint density at radius 2 is 1.93 bits per heavy atom. The Kier molecular flexibility index (Phi) is 7.05. The predicted molar refractivity (Wildman–Crippen MR) is 170 cm³/mol. The molecule has 3 saturated heterocycles. The molecule has 44 heavy (non-hydrogen) atoms. The first kappa shape index (κ1) is 27.6. The summed E-state index contributed by atoms with van der Waals surface area (Å²) in [6, 6.07) is 7.05. The predicted octanol–water partition coefficient (Wildman–Crippen LogP) is 3.55. The summed E-state index contributed by atoms with van der Waals surface area (Å²) in [6.45, 7) is 8.71. The lowest BCUT2D eigenvalue weighted by Crippen LogP contribution is -2.47. The molecule has 0 unspecified atom stereocenters. The zero-order valence-corrected chi connectivity index (χ0v) is 26.0. The number of piperazine rings is 1. The Hall–Kier alpha value is -3.91. The average molecular weight is 614 g/mol. The summed E-state index contributed by atoms with van der Waals surface area (Å²) in [5, 5.41) is 6.87. The number of anilines is 2. The van der Waals surface area contributed by atoms with Crippen LogP contribution in [0.5, 0.6) is 5.75 Å². The fraction of sp³-hybridized carbons (Fsp3) is 0.452. The molecule has 228 valence electrons. The molecule has 12 nitrogen and oxygen atoms in total. The van der Waals surface area contributed by atoms with Crippen molar-refractivity contribution in [3.8, 4) is 22.8 Å². The lowest BCUT2D eigenvalue weighted by atomic mass is 10.1. The monoisotopic (exact) mass is 613 g/mol. The summed E-state index contributed by atoms with van der Waals surface area (Å²) >= 11 is 1.75. The van der Waals surface area contributed by atoms with Crippen LogP contribution in [0.25, 0.3) is 38.2 Å². The van der Waals surface area contributed by atoms with E-state index in [9.17, 15) is 0 Å². The summed E-state index contributed by atoms with van der Waals surface area (Å²) in [5.74, 6) is 2.37. The number of nitrogens with zero attached hydrogens (tertiary/aromatic N) is 9. The number of hydrogen-bond acceptors (Lipinski definition) is 12. The van der Waals surface area contributed by atoms with Gasteiger partial charge >= 0.3 is 0 Å². The second-order valence-electron chi connectivity index (χ2n) is 11.6. The Morgan fingerprint density at radius 1 is 1.05 bits per heavy atom. The number of aryl methyl sites for hydroxylation is 1. The Morgan fingerprint density at radius 3 is 2.73 bits per heavy atom. The highest BCUT2D eigenvalue weighted by Crippen LogP contribution is 2.41. The number of methoxy groups -OCH3 is 2. The van der Waals surface area contributed by atoms with Gasteiger partial charge in [-0.2, -0.15) is 5.10 Å². The van der Waals surface area contributed by atoms with Crippen molar-refractivity contribution in [3.63, 3.8) is 0 Å². The molecule has 0 N–H and O–H groups in total. The molecule has 0 aliphatic carbocycles. The molecule has 2 atom stereocenters. The third kappa shape index (κ3) is 4.66. The van der Waals surface area contributed by atoms with E-state index in [0.29, 0.717) is 25.3 Å². The molecule has 0 radical (unpaired) electrons. The second kappa shape index (κ2) is 11.2. The van der Waals surface area contributed by atoms with Crippen molar-refractivity contribution in [1.29, 1.82) is 0 Å². The van der Waals surface area contributed by atoms with Crippen LogP contribution in [0.1, 0.15) is 12.1 Å². The molecule has 0 spiro atoms. The summed E-state index contributed by atoms with van der Waals surface area (Å²) in [4.78, 5) is 27.0. The molecular weight excluding hydrogens is 578 g/mol. The van der Waals surface area contributed by atoms with E-state index in [0.717, 1.165) is 99.9 Å². The second-order valence-corrected chi connectivity index (χ2v) is 12.6. The molecule has 5 aromatic heterocycles. The number of morpholine rings is 1. The fourth-order valence-corrected chi connectivity index (χ4v) is 7.91. The topological polar surface area (TPSA) is 107 Å². The van der Waals surface area contributed by atoms with Crippen molar-refractivity contribution in [2.24, 2.45) is 0 Å². The zero-order valence-electron chi connectivity index (χ0n) is 25.1. The summed E-state index contributed by atoms with van der Waals surface area (Å²) in [5.41, 5.74) is 4.37. The zero-order chi connectivity index (χ0) is 29.8. The SMILES string of the molecule is COCCN1C[C@@H]2C[C@H]1CN2c1nc2c(N3CCOCC3)nc(-n3ncc4c(C)nc(-c5cnccc5OC)cc43)cc2s1. The number of pyridine rings is 3. The maximum atomic E-state index is 5.69. The first-order valence-electron chi connectivity index (χ1n) is 15.1. The molecule has 0 amide bonds. The van der Waals surface area contributed by atoms with Gasteiger partial charge in [-0.05, 0) is 25.5 Å². The van der Waals surface area contributed by atoms with Gasteiger partial charge in [-0.25, -0.2) is 14.6 Å². The van der Waals surface area contributed by atoms with E-state index >= 15 is 0 Å². The minimum atomic E-state index is 0.477. The number of hydrogen-bond donors (Lipinski definition) is 0. The van der Waals surface area contributed by atoms with Gasteiger partial charge in [0.1, 0.15) is 11.3 Å². The molecule has 5 aromatic rings. The number of likely N-dealkylation sites (tertiary alicyclic amines) is 1. The van der Waals surface area contributed by atoms with Crippen molar-refractivity contribution in [3.05, 3.63) is 42.5 Å². The van der Waals surface area contributed by atoms with Crippen molar-refractivity contribution in [2.75, 3.05) is 76.6 Å².